The highest BCUT2D eigenvalue weighted by Gasteiger charge is 2.23. The van der Waals surface area contributed by atoms with E-state index in [1.165, 1.54) is 28.6 Å². The fourth-order valence-electron chi connectivity index (χ4n) is 3.00. The predicted molar refractivity (Wildman–Crippen MR) is 120 cm³/mol. The summed E-state index contributed by atoms with van der Waals surface area (Å²) in [5, 5.41) is 14.6. The van der Waals surface area contributed by atoms with Crippen LogP contribution in [0.25, 0.3) is 11.6 Å². The van der Waals surface area contributed by atoms with E-state index in [1.54, 1.807) is 23.9 Å². The molecule has 32 heavy (non-hydrogen) atoms. The summed E-state index contributed by atoms with van der Waals surface area (Å²) in [5.41, 5.74) is 0.772. The molecule has 3 rings (SSSR count). The summed E-state index contributed by atoms with van der Waals surface area (Å²) < 4.78 is 34.3. The van der Waals surface area contributed by atoms with Gasteiger partial charge in [-0.3, -0.25) is 14.8 Å². The van der Waals surface area contributed by atoms with Crippen molar-refractivity contribution < 1.29 is 17.6 Å². The average molecular weight is 461 g/mol. The number of unbranched alkanes of at least 4 members (excludes halogenated alkanes) is 1. The van der Waals surface area contributed by atoms with Crippen molar-refractivity contribution in [2.24, 2.45) is 0 Å². The molecule has 0 spiro atoms. The number of nitrogens with one attached hydrogen (secondary N) is 1. The third-order valence-electron chi connectivity index (χ3n) is 4.87. The number of amides is 1. The molecule has 0 unspecified atom stereocenters. The molecule has 0 aliphatic carbocycles. The van der Waals surface area contributed by atoms with Gasteiger partial charge in [0.25, 0.3) is 11.8 Å². The zero-order valence-electron chi connectivity index (χ0n) is 18.6. The van der Waals surface area contributed by atoms with E-state index in [9.17, 15) is 13.2 Å². The summed E-state index contributed by atoms with van der Waals surface area (Å²) in [6.07, 6.45) is 3.50. The van der Waals surface area contributed by atoms with Crippen LogP contribution in [-0.2, 0) is 10.0 Å². The third kappa shape index (κ3) is 5.22. The van der Waals surface area contributed by atoms with Gasteiger partial charge in [0.2, 0.25) is 10.0 Å². The number of nitrogens with zero attached hydrogens (tertiary/aromatic N) is 5. The average Bonchev–Trinajstić information content (AvgIpc) is 3.44. The van der Waals surface area contributed by atoms with Crippen molar-refractivity contribution in [2.75, 3.05) is 18.4 Å². The van der Waals surface area contributed by atoms with Crippen LogP contribution in [0.3, 0.4) is 0 Å². The molecule has 1 N–H and O–H groups in total. The Morgan fingerprint density at radius 2 is 1.88 bits per heavy atom. The molecule has 2 aromatic heterocycles. The SMILES string of the molecule is CCCCN(CC)S(=O)(=O)c1ccc(C(=O)Nc2nnc(-c3ccn(C(C)C)n3)o2)cc1. The minimum atomic E-state index is -3.60. The maximum absolute atomic E-state index is 12.8. The third-order valence-corrected chi connectivity index (χ3v) is 6.86. The number of carbonyl (C=O) groups is 1. The highest BCUT2D eigenvalue weighted by Crippen LogP contribution is 2.20. The van der Waals surface area contributed by atoms with Crippen molar-refractivity contribution in [1.82, 2.24) is 24.3 Å². The molecule has 0 aliphatic rings. The molecule has 10 nitrogen and oxygen atoms in total. The van der Waals surface area contributed by atoms with Crippen molar-refractivity contribution >= 4 is 21.9 Å². The second-order valence-corrected chi connectivity index (χ2v) is 9.45. The molecule has 1 aromatic carbocycles. The summed E-state index contributed by atoms with van der Waals surface area (Å²) in [5.74, 6) is -0.303. The van der Waals surface area contributed by atoms with Crippen LogP contribution in [0.4, 0.5) is 6.01 Å². The standard InChI is InChI=1S/C21H28N6O4S/c1-5-7-13-26(6-2)32(29,30)17-10-8-16(9-11-17)19(28)22-21-24-23-20(31-21)18-12-14-27(25-18)15(3)4/h8-12,14-15H,5-7,13H2,1-4H3,(H,22,24,28). The maximum Gasteiger partial charge on any atom is 0.322 e. The Kier molecular flexibility index (Phi) is 7.41. The Hall–Kier alpha value is -3.05. The highest BCUT2D eigenvalue weighted by molar-refractivity contribution is 7.89. The van der Waals surface area contributed by atoms with Gasteiger partial charge < -0.3 is 4.42 Å². The maximum atomic E-state index is 12.8. The number of anilines is 1. The van der Waals surface area contributed by atoms with Crippen molar-refractivity contribution in [3.05, 3.63) is 42.1 Å². The van der Waals surface area contributed by atoms with Gasteiger partial charge in [-0.15, -0.1) is 5.10 Å². The summed E-state index contributed by atoms with van der Waals surface area (Å²) >= 11 is 0. The lowest BCUT2D eigenvalue weighted by Gasteiger charge is -2.20. The lowest BCUT2D eigenvalue weighted by atomic mass is 10.2. The van der Waals surface area contributed by atoms with E-state index in [2.05, 4.69) is 20.6 Å². The first-order valence-corrected chi connectivity index (χ1v) is 12.0. The Balaban J connectivity index is 1.69. The Morgan fingerprint density at radius 1 is 1.16 bits per heavy atom. The van der Waals surface area contributed by atoms with E-state index in [-0.39, 0.29) is 28.4 Å². The predicted octanol–water partition coefficient (Wildman–Crippen LogP) is 3.58. The Morgan fingerprint density at radius 3 is 2.47 bits per heavy atom. The summed E-state index contributed by atoms with van der Waals surface area (Å²) in [4.78, 5) is 12.7. The number of hydrogen-bond acceptors (Lipinski definition) is 7. The normalized spacial score (nSPS) is 11.9. The van der Waals surface area contributed by atoms with Crippen LogP contribution in [0.2, 0.25) is 0 Å². The van der Waals surface area contributed by atoms with Gasteiger partial charge in [0, 0.05) is 30.9 Å². The topological polar surface area (TPSA) is 123 Å². The van der Waals surface area contributed by atoms with Crippen LogP contribution in [0.5, 0.6) is 0 Å². The van der Waals surface area contributed by atoms with Crippen LogP contribution in [-0.4, -0.2) is 51.7 Å². The van der Waals surface area contributed by atoms with E-state index < -0.39 is 15.9 Å². The van der Waals surface area contributed by atoms with E-state index in [1.807, 2.05) is 20.8 Å². The highest BCUT2D eigenvalue weighted by atomic mass is 32.2. The molecular weight excluding hydrogens is 432 g/mol. The Bertz CT molecular complexity index is 1150. The number of benzene rings is 1. The van der Waals surface area contributed by atoms with Crippen molar-refractivity contribution in [1.29, 1.82) is 0 Å². The molecule has 3 aromatic rings. The fraction of sp³-hybridized carbons (Fsp3) is 0.429. The smallest absolute Gasteiger partial charge is 0.322 e. The zero-order valence-corrected chi connectivity index (χ0v) is 19.5. The molecule has 0 fully saturated rings. The second kappa shape index (κ2) is 10.0. The molecular formula is C21H28N6O4S. The van der Waals surface area contributed by atoms with E-state index >= 15 is 0 Å². The van der Waals surface area contributed by atoms with Crippen LogP contribution in [0.1, 0.15) is 56.9 Å². The minimum Gasteiger partial charge on any atom is -0.401 e. The molecule has 0 saturated heterocycles. The monoisotopic (exact) mass is 460 g/mol. The van der Waals surface area contributed by atoms with Crippen LogP contribution >= 0.6 is 0 Å². The van der Waals surface area contributed by atoms with E-state index in [4.69, 9.17) is 4.42 Å². The van der Waals surface area contributed by atoms with Gasteiger partial charge in [0.15, 0.2) is 0 Å². The van der Waals surface area contributed by atoms with E-state index in [0.717, 1.165) is 12.8 Å². The first kappa shape index (κ1) is 23.6. The van der Waals surface area contributed by atoms with Crippen LogP contribution in [0.15, 0.2) is 45.8 Å². The molecule has 0 aliphatic heterocycles. The van der Waals surface area contributed by atoms with Crippen molar-refractivity contribution in [3.8, 4) is 11.6 Å². The molecule has 172 valence electrons. The molecule has 0 saturated carbocycles. The lowest BCUT2D eigenvalue weighted by Crippen LogP contribution is -2.31. The molecule has 2 heterocycles. The number of aromatic nitrogens is 4. The van der Waals surface area contributed by atoms with Crippen LogP contribution in [0, 0.1) is 0 Å². The Labute approximate surface area is 187 Å². The van der Waals surface area contributed by atoms with Gasteiger partial charge in [0.1, 0.15) is 5.69 Å². The zero-order chi connectivity index (χ0) is 23.3. The quantitative estimate of drug-likeness (QED) is 0.490. The molecule has 0 bridgehead atoms. The van der Waals surface area contributed by atoms with Crippen LogP contribution < -0.4 is 5.32 Å². The molecule has 0 radical (unpaired) electrons. The van der Waals surface area contributed by atoms with Gasteiger partial charge in [-0.05, 0) is 50.6 Å². The van der Waals surface area contributed by atoms with Gasteiger partial charge in [-0.2, -0.15) is 9.40 Å². The number of rotatable bonds is 10. The summed E-state index contributed by atoms with van der Waals surface area (Å²) in [6, 6.07) is 7.63. The first-order chi connectivity index (χ1) is 15.3. The number of sulfonamides is 1. The van der Waals surface area contributed by atoms with Crippen molar-refractivity contribution in [3.63, 3.8) is 0 Å². The molecule has 0 atom stereocenters. The molecule has 1 amide bonds. The summed E-state index contributed by atoms with van der Waals surface area (Å²) in [6.45, 7) is 8.67. The largest absolute Gasteiger partial charge is 0.401 e. The number of carbonyl (C=O) groups excluding carboxylic acids is 1. The van der Waals surface area contributed by atoms with Gasteiger partial charge >= 0.3 is 6.01 Å². The minimum absolute atomic E-state index is 0.0717. The van der Waals surface area contributed by atoms with E-state index in [0.29, 0.717) is 18.8 Å². The summed E-state index contributed by atoms with van der Waals surface area (Å²) in [7, 11) is -3.60. The van der Waals surface area contributed by atoms with Crippen molar-refractivity contribution in [2.45, 2.75) is 51.5 Å². The van der Waals surface area contributed by atoms with Gasteiger partial charge in [-0.25, -0.2) is 8.42 Å². The second-order valence-electron chi connectivity index (χ2n) is 7.52. The molecule has 11 heteroatoms. The lowest BCUT2D eigenvalue weighted by molar-refractivity contribution is 0.102. The number of hydrogen-bond donors (Lipinski definition) is 1. The van der Waals surface area contributed by atoms with Gasteiger partial charge in [0.05, 0.1) is 4.90 Å². The first-order valence-electron chi connectivity index (χ1n) is 10.6. The fourth-order valence-corrected chi connectivity index (χ4v) is 4.48. The van der Waals surface area contributed by atoms with Gasteiger partial charge in [-0.1, -0.05) is 25.4 Å².